The van der Waals surface area contributed by atoms with Gasteiger partial charge in [-0.25, -0.2) is 9.78 Å². The number of carboxylic acids is 1. The molecule has 12 atom stereocenters. The maximum Gasteiger partial charge on any atom is 0.326 e. The van der Waals surface area contributed by atoms with Crippen molar-refractivity contribution in [3.63, 3.8) is 0 Å². The van der Waals surface area contributed by atoms with Crippen LogP contribution < -0.4 is 70.4 Å². The van der Waals surface area contributed by atoms with E-state index in [1.165, 1.54) is 47.3 Å². The number of H-pyrrole nitrogens is 3. The molecule has 0 spiro atoms. The number of benzene rings is 3. The Morgan fingerprint density at radius 2 is 0.983 bits per heavy atom. The number of hydrogen-bond acceptors (Lipinski definition) is 18. The zero-order valence-electron chi connectivity index (χ0n) is 66.1. The van der Waals surface area contributed by atoms with Crippen LogP contribution in [0.3, 0.4) is 0 Å². The lowest BCUT2D eigenvalue weighted by Crippen LogP contribution is -2.60. The second kappa shape index (κ2) is 42.8. The number of aromatic amines is 3. The molecule has 0 aliphatic carbocycles. The van der Waals surface area contributed by atoms with Crippen molar-refractivity contribution in [2.45, 2.75) is 223 Å². The molecule has 0 saturated carbocycles. The smallest absolute Gasteiger partial charge is 0.326 e. The Labute approximate surface area is 670 Å². The Hall–Kier alpha value is -12.2. The zero-order valence-corrected chi connectivity index (χ0v) is 66.1. The molecule has 2 aliphatic heterocycles. The number of likely N-dealkylation sites (tertiary alicyclic amines) is 2. The SMILES string of the molecule is CCCC[C@H](NC(=O)[C@@H]1CCCN1C(=O)[C@H](CCC(N)=O)NC(=O)CNC(=O)[C@@H]1CCCN1C(=O)[C@H](C)NC(=O)[C@H](CC(C)C)NC(=O)[C@H](CCC(N)=O)NC(=O)[C@H](CC(C)C)NC(=O)[C@H](Cc1c[nH]c2ccccc12)NC(=O)[C@H](Cc1c[nH]cn1)NC(=O)[C@@H](N)Cc1c[nH]c2ccccc12)C(=O)N[C@@H](Cc1ccc(O)cc1)C(=O)O. The van der Waals surface area contributed by atoms with Crippen molar-refractivity contribution in [3.8, 4) is 5.75 Å². The van der Waals surface area contributed by atoms with E-state index in [1.807, 2.05) is 49.4 Å². The van der Waals surface area contributed by atoms with Gasteiger partial charge in [0, 0.05) is 85.6 Å². The molecule has 21 N–H and O–H groups in total. The standard InChI is InChI=1S/C80H109N19O17/c1-7-8-17-56(70(105)97-63(80(115)116)34-46-22-24-50(100)25-23-46)92-77(112)65-21-14-31-99(65)79(114)58(27-29-67(83)102)90-68(103)41-87-76(111)64-20-13-30-98(64)78(113)45(6)89-72(107)59(32-43(2)3)94-71(106)57(26-28-66(82)101)91-73(108)60(33-44(4)5)95-74(109)61(36-48-39-86-55-19-12-10-16-52(48)55)96-75(110)62(37-49-40-84-42-88-49)93-69(104)53(81)35-47-38-85-54-18-11-9-15-51(47)54/h9-12,15-16,18-19,22-25,38-40,42-45,53,56-65,85-86,100H,7-8,13-14,17,20-21,26-37,41,81H2,1-6H3,(H2,82,101)(H2,83,102)(H,84,88)(H,87,111)(H,89,107)(H,90,103)(H,91,108)(H,92,112)(H,93,104)(H,94,106)(H,95,109)(H,96,110)(H,97,105)(H,115,116)/t45-,53-,56-,57-,58-,59-,60-,61-,62-,63-,64-,65-/m0/s1. The maximum atomic E-state index is 15.0. The first-order chi connectivity index (χ1) is 55.3. The van der Waals surface area contributed by atoms with E-state index in [0.29, 0.717) is 42.5 Å². The third-order valence-electron chi connectivity index (χ3n) is 20.4. The number of primary amides is 2. The summed E-state index contributed by atoms with van der Waals surface area (Å²) >= 11 is 0. The average molecular weight is 1610 g/mol. The van der Waals surface area contributed by atoms with Crippen LogP contribution in [0, 0.1) is 11.8 Å². The van der Waals surface area contributed by atoms with Crippen molar-refractivity contribution in [2.24, 2.45) is 29.0 Å². The molecule has 0 bridgehead atoms. The van der Waals surface area contributed by atoms with Crippen molar-refractivity contribution in [1.29, 1.82) is 0 Å². The van der Waals surface area contributed by atoms with E-state index >= 15 is 0 Å². The minimum atomic E-state index is -1.56. The molecule has 6 aromatic rings. The Morgan fingerprint density at radius 3 is 1.53 bits per heavy atom. The summed E-state index contributed by atoms with van der Waals surface area (Å²) in [4.78, 5) is 224. The number of unbranched alkanes of at least 4 members (excludes halogenated alkanes) is 1. The third kappa shape index (κ3) is 25.9. The summed E-state index contributed by atoms with van der Waals surface area (Å²) in [5.74, 6) is -13.2. The Morgan fingerprint density at radius 1 is 0.509 bits per heavy atom. The number of rotatable bonds is 44. The highest BCUT2D eigenvalue weighted by atomic mass is 16.4. The van der Waals surface area contributed by atoms with Crippen LogP contribution in [-0.2, 0) is 97.6 Å². The first-order valence-electron chi connectivity index (χ1n) is 39.3. The molecular formula is C80H109N19O17. The van der Waals surface area contributed by atoms with Gasteiger partial charge in [-0.3, -0.25) is 67.1 Å². The monoisotopic (exact) mass is 1610 g/mol. The third-order valence-corrected chi connectivity index (χ3v) is 20.4. The van der Waals surface area contributed by atoms with Crippen LogP contribution in [0.15, 0.2) is 97.7 Å². The highest BCUT2D eigenvalue weighted by Gasteiger charge is 2.42. The van der Waals surface area contributed by atoms with Gasteiger partial charge in [-0.2, -0.15) is 0 Å². The molecule has 3 aromatic carbocycles. The van der Waals surface area contributed by atoms with Crippen molar-refractivity contribution in [2.75, 3.05) is 19.6 Å². The molecule has 116 heavy (non-hydrogen) atoms. The number of aromatic nitrogens is 4. The predicted octanol–water partition coefficient (Wildman–Crippen LogP) is 0.0551. The molecule has 36 heteroatoms. The molecule has 2 saturated heterocycles. The van der Waals surface area contributed by atoms with Gasteiger partial charge in [0.1, 0.15) is 72.2 Å². The number of aromatic hydroxyl groups is 1. The van der Waals surface area contributed by atoms with Crippen LogP contribution in [0.2, 0.25) is 0 Å². The minimum absolute atomic E-state index is 0.0168. The molecular weight excluding hydrogens is 1500 g/mol. The topological polar surface area (TPSA) is 562 Å². The van der Waals surface area contributed by atoms with Gasteiger partial charge >= 0.3 is 5.97 Å². The Kier molecular flexibility index (Phi) is 32.9. The normalized spacial score (nSPS) is 16.6. The summed E-state index contributed by atoms with van der Waals surface area (Å²) < 4.78 is 0. The van der Waals surface area contributed by atoms with E-state index < -0.39 is 174 Å². The van der Waals surface area contributed by atoms with E-state index in [1.54, 1.807) is 52.4 Å². The van der Waals surface area contributed by atoms with Crippen LogP contribution in [0.25, 0.3) is 21.8 Å². The number of amides is 14. The summed E-state index contributed by atoms with van der Waals surface area (Å²) in [7, 11) is 0. The first kappa shape index (κ1) is 89.3. The first-order valence-corrected chi connectivity index (χ1v) is 39.3. The highest BCUT2D eigenvalue weighted by Crippen LogP contribution is 2.25. The summed E-state index contributed by atoms with van der Waals surface area (Å²) in [6.07, 6.45) is 6.68. The Balaban J connectivity index is 0.893. The minimum Gasteiger partial charge on any atom is -0.508 e. The number of phenolic OH excluding ortho intramolecular Hbond substituents is 1. The quantitative estimate of drug-likeness (QED) is 0.0240. The number of nitrogens with zero attached hydrogens (tertiary/aromatic N) is 3. The molecule has 2 fully saturated rings. The molecule has 5 heterocycles. The summed E-state index contributed by atoms with van der Waals surface area (Å²) in [6.45, 7) is 9.66. The van der Waals surface area contributed by atoms with Crippen molar-refractivity contribution in [3.05, 3.63) is 120 Å². The summed E-state index contributed by atoms with van der Waals surface area (Å²) in [5, 5.41) is 47.9. The predicted molar refractivity (Wildman–Crippen MR) is 425 cm³/mol. The molecule has 8 rings (SSSR count). The van der Waals surface area contributed by atoms with E-state index in [-0.39, 0.29) is 108 Å². The van der Waals surface area contributed by atoms with E-state index in [0.717, 1.165) is 27.4 Å². The van der Waals surface area contributed by atoms with Gasteiger partial charge in [-0.1, -0.05) is 96.0 Å². The zero-order chi connectivity index (χ0) is 84.4. The van der Waals surface area contributed by atoms with Gasteiger partial charge in [-0.15, -0.1) is 0 Å². The number of carbonyl (C=O) groups is 15. The molecule has 0 unspecified atom stereocenters. The molecule has 2 aliphatic rings. The number of phenols is 1. The molecule has 626 valence electrons. The van der Waals surface area contributed by atoms with Crippen LogP contribution in [-0.4, -0.2) is 221 Å². The number of hydrogen-bond donors (Lipinski definition) is 18. The molecule has 3 aromatic heterocycles. The second-order valence-corrected chi connectivity index (χ2v) is 30.5. The van der Waals surface area contributed by atoms with Gasteiger partial charge in [0.25, 0.3) is 0 Å². The largest absolute Gasteiger partial charge is 0.508 e. The van der Waals surface area contributed by atoms with Crippen LogP contribution >= 0.6 is 0 Å². The summed E-state index contributed by atoms with van der Waals surface area (Å²) in [5.41, 5.74) is 21.4. The fraction of sp³-hybridized carbons (Fsp3) is 0.500. The van der Waals surface area contributed by atoms with Gasteiger partial charge in [-0.05, 0) is 124 Å². The van der Waals surface area contributed by atoms with Crippen LogP contribution in [0.5, 0.6) is 5.75 Å². The molecule has 14 amide bonds. The van der Waals surface area contributed by atoms with Gasteiger partial charge in [0.15, 0.2) is 0 Å². The van der Waals surface area contributed by atoms with E-state index in [2.05, 4.69) is 73.1 Å². The lowest BCUT2D eigenvalue weighted by atomic mass is 9.99. The number of nitrogens with two attached hydrogens (primary N) is 3. The number of aliphatic carboxylic acids is 1. The van der Waals surface area contributed by atoms with E-state index in [4.69, 9.17) is 17.2 Å². The van der Waals surface area contributed by atoms with Gasteiger partial charge in [0.05, 0.1) is 24.6 Å². The van der Waals surface area contributed by atoms with Crippen molar-refractivity contribution >= 4 is 110 Å². The summed E-state index contributed by atoms with van der Waals surface area (Å²) in [6, 6.07) is 4.60. The van der Waals surface area contributed by atoms with Crippen molar-refractivity contribution in [1.82, 2.24) is 82.9 Å². The van der Waals surface area contributed by atoms with Gasteiger partial charge in [0.2, 0.25) is 82.7 Å². The Bertz CT molecular complexity index is 4470. The van der Waals surface area contributed by atoms with E-state index in [9.17, 15) is 82.1 Å². The second-order valence-electron chi connectivity index (χ2n) is 30.5. The fourth-order valence-electron chi connectivity index (χ4n) is 14.3. The number of carboxylic acid groups (broad SMARTS) is 1. The number of nitrogens with one attached hydrogen (secondary N) is 13. The van der Waals surface area contributed by atoms with Crippen LogP contribution in [0.1, 0.15) is 147 Å². The highest BCUT2D eigenvalue weighted by molar-refractivity contribution is 6.00. The lowest BCUT2D eigenvalue weighted by molar-refractivity contribution is -0.143. The average Bonchev–Trinajstić information content (AvgIpc) is 1.68. The molecule has 36 nitrogen and oxygen atoms in total. The maximum absolute atomic E-state index is 15.0. The number of imidazole rings is 1. The fourth-order valence-corrected chi connectivity index (χ4v) is 14.3. The molecule has 0 radical (unpaired) electrons. The lowest BCUT2D eigenvalue weighted by Gasteiger charge is -2.30. The number of para-hydroxylation sites is 2. The number of fused-ring (bicyclic) bond motifs is 2. The van der Waals surface area contributed by atoms with Gasteiger partial charge < -0.3 is 105 Å². The number of carbonyl (C=O) groups excluding carboxylic acids is 14. The van der Waals surface area contributed by atoms with Crippen molar-refractivity contribution < 1.29 is 82.1 Å². The van der Waals surface area contributed by atoms with Crippen LogP contribution in [0.4, 0.5) is 0 Å².